The monoisotopic (exact) mass is 214 g/mol. The van der Waals surface area contributed by atoms with E-state index in [4.69, 9.17) is 15.9 Å². The molecule has 0 aliphatic carbocycles. The second kappa shape index (κ2) is 5.65. The van der Waals surface area contributed by atoms with Crippen LogP contribution in [0.25, 0.3) is 0 Å². The Bertz CT molecular complexity index is 316. The van der Waals surface area contributed by atoms with Gasteiger partial charge in [-0.3, -0.25) is 0 Å². The fraction of sp³-hybridized carbons (Fsp3) is 0.400. The molecule has 0 aliphatic rings. The Balaban J connectivity index is 2.77. The number of aliphatic hydroxyl groups excluding tert-OH is 2. The summed E-state index contributed by atoms with van der Waals surface area (Å²) in [6, 6.07) is 4.00. The molecule has 15 heavy (non-hydrogen) atoms. The van der Waals surface area contributed by atoms with E-state index in [2.05, 4.69) is 5.32 Å². The number of aliphatic hydroxyl groups is 2. The number of benzene rings is 1. The van der Waals surface area contributed by atoms with Crippen molar-refractivity contribution in [2.75, 3.05) is 18.5 Å². The summed E-state index contributed by atoms with van der Waals surface area (Å²) >= 11 is 0. The molecule has 0 aliphatic heterocycles. The number of nitrogens with one attached hydrogen (secondary N) is 1. The average Bonchev–Trinajstić information content (AvgIpc) is 2.27. The molecule has 0 bridgehead atoms. The first-order valence-corrected chi connectivity index (χ1v) is 4.68. The van der Waals surface area contributed by atoms with E-state index in [1.165, 1.54) is 12.1 Å². The van der Waals surface area contributed by atoms with Gasteiger partial charge in [-0.05, 0) is 17.7 Å². The Kier molecular flexibility index (Phi) is 4.48. The Morgan fingerprint density at radius 3 is 2.47 bits per heavy atom. The van der Waals surface area contributed by atoms with Crippen LogP contribution in [0.15, 0.2) is 18.2 Å². The van der Waals surface area contributed by atoms with Crippen molar-refractivity contribution < 1.29 is 14.6 Å². The zero-order chi connectivity index (χ0) is 11.3. The number of halogens is 1. The molecule has 0 aromatic heterocycles. The van der Waals surface area contributed by atoms with Gasteiger partial charge in [0.05, 0.1) is 24.9 Å². The van der Waals surface area contributed by atoms with Gasteiger partial charge in [0.25, 0.3) is 0 Å². The molecule has 0 atom stereocenters. The molecule has 1 aromatic rings. The third-order valence-electron chi connectivity index (χ3n) is 2.07. The summed E-state index contributed by atoms with van der Waals surface area (Å²) in [5.41, 5.74) is 6.30. The maximum absolute atomic E-state index is 13.4. The van der Waals surface area contributed by atoms with E-state index in [0.717, 1.165) is 0 Å². The van der Waals surface area contributed by atoms with Crippen molar-refractivity contribution in [3.8, 4) is 0 Å². The zero-order valence-corrected chi connectivity index (χ0v) is 8.28. The molecule has 5 N–H and O–H groups in total. The summed E-state index contributed by atoms with van der Waals surface area (Å²) in [5, 5.41) is 20.3. The molecule has 0 unspecified atom stereocenters. The van der Waals surface area contributed by atoms with E-state index in [-0.39, 0.29) is 25.4 Å². The molecular weight excluding hydrogens is 199 g/mol. The van der Waals surface area contributed by atoms with Crippen molar-refractivity contribution in [2.24, 2.45) is 5.73 Å². The molecule has 0 fully saturated rings. The van der Waals surface area contributed by atoms with Crippen LogP contribution in [-0.2, 0) is 6.54 Å². The standard InChI is InChI=1S/C10H15FN2O2/c11-9-3-7(4-12)1-2-10(9)13-8(5-14)6-15/h1-3,8,13-15H,4-6,12H2. The fourth-order valence-electron chi connectivity index (χ4n) is 1.17. The first-order valence-electron chi connectivity index (χ1n) is 4.68. The van der Waals surface area contributed by atoms with Crippen molar-refractivity contribution in [3.05, 3.63) is 29.6 Å². The third kappa shape index (κ3) is 3.16. The highest BCUT2D eigenvalue weighted by Gasteiger charge is 2.08. The van der Waals surface area contributed by atoms with E-state index in [0.29, 0.717) is 5.56 Å². The highest BCUT2D eigenvalue weighted by Crippen LogP contribution is 2.16. The molecule has 1 rings (SSSR count). The van der Waals surface area contributed by atoms with Crippen LogP contribution in [0.2, 0.25) is 0 Å². The molecule has 0 saturated carbocycles. The van der Waals surface area contributed by atoms with Crippen LogP contribution in [0.4, 0.5) is 10.1 Å². The lowest BCUT2D eigenvalue weighted by Crippen LogP contribution is -2.28. The molecule has 1 aromatic carbocycles. The first-order chi connectivity index (χ1) is 7.21. The Hall–Kier alpha value is -1.17. The molecular formula is C10H15FN2O2. The largest absolute Gasteiger partial charge is 0.394 e. The summed E-state index contributed by atoms with van der Waals surface area (Å²) < 4.78 is 13.4. The molecule has 0 spiro atoms. The number of rotatable bonds is 5. The summed E-state index contributed by atoms with van der Waals surface area (Å²) in [5.74, 6) is -0.440. The van der Waals surface area contributed by atoms with E-state index >= 15 is 0 Å². The molecule has 0 saturated heterocycles. The molecule has 84 valence electrons. The van der Waals surface area contributed by atoms with Crippen molar-refractivity contribution >= 4 is 5.69 Å². The summed E-state index contributed by atoms with van der Waals surface area (Å²) in [6.07, 6.45) is 0. The number of nitrogens with two attached hydrogens (primary N) is 1. The zero-order valence-electron chi connectivity index (χ0n) is 8.28. The Morgan fingerprint density at radius 1 is 1.33 bits per heavy atom. The van der Waals surface area contributed by atoms with Gasteiger partial charge >= 0.3 is 0 Å². The summed E-state index contributed by atoms with van der Waals surface area (Å²) in [7, 11) is 0. The number of anilines is 1. The minimum atomic E-state index is -0.553. The normalized spacial score (nSPS) is 10.7. The topological polar surface area (TPSA) is 78.5 Å². The molecule has 5 heteroatoms. The van der Waals surface area contributed by atoms with Crippen LogP contribution >= 0.6 is 0 Å². The predicted octanol–water partition coefficient (Wildman–Crippen LogP) is 0.0495. The Labute approximate surface area is 87.5 Å². The van der Waals surface area contributed by atoms with Crippen molar-refractivity contribution in [1.29, 1.82) is 0 Å². The Morgan fingerprint density at radius 2 is 2.00 bits per heavy atom. The molecule has 0 radical (unpaired) electrons. The van der Waals surface area contributed by atoms with Gasteiger partial charge in [-0.25, -0.2) is 4.39 Å². The van der Waals surface area contributed by atoms with Crippen LogP contribution in [0.5, 0.6) is 0 Å². The summed E-state index contributed by atoms with van der Waals surface area (Å²) in [4.78, 5) is 0. The van der Waals surface area contributed by atoms with Crippen molar-refractivity contribution in [1.82, 2.24) is 0 Å². The van der Waals surface area contributed by atoms with Crippen molar-refractivity contribution in [3.63, 3.8) is 0 Å². The lowest BCUT2D eigenvalue weighted by Gasteiger charge is -2.15. The minimum Gasteiger partial charge on any atom is -0.394 e. The van der Waals surface area contributed by atoms with Gasteiger partial charge in [-0.1, -0.05) is 6.07 Å². The van der Waals surface area contributed by atoms with Crippen LogP contribution in [0.3, 0.4) is 0 Å². The molecule has 0 amide bonds. The van der Waals surface area contributed by atoms with Gasteiger partial charge in [0, 0.05) is 6.54 Å². The van der Waals surface area contributed by atoms with E-state index in [9.17, 15) is 4.39 Å². The highest BCUT2D eigenvalue weighted by molar-refractivity contribution is 5.47. The molecule has 4 nitrogen and oxygen atoms in total. The van der Waals surface area contributed by atoms with E-state index in [1.54, 1.807) is 6.07 Å². The van der Waals surface area contributed by atoms with Crippen LogP contribution < -0.4 is 11.1 Å². The van der Waals surface area contributed by atoms with Gasteiger partial charge in [0.15, 0.2) is 0 Å². The second-order valence-corrected chi connectivity index (χ2v) is 3.22. The van der Waals surface area contributed by atoms with Gasteiger partial charge in [-0.2, -0.15) is 0 Å². The smallest absolute Gasteiger partial charge is 0.146 e. The quantitative estimate of drug-likeness (QED) is 0.558. The third-order valence-corrected chi connectivity index (χ3v) is 2.07. The van der Waals surface area contributed by atoms with E-state index in [1.807, 2.05) is 0 Å². The lowest BCUT2D eigenvalue weighted by molar-refractivity contribution is 0.203. The van der Waals surface area contributed by atoms with E-state index < -0.39 is 11.9 Å². The van der Waals surface area contributed by atoms with Gasteiger partial charge in [0.2, 0.25) is 0 Å². The first kappa shape index (κ1) is 11.9. The second-order valence-electron chi connectivity index (χ2n) is 3.22. The fourth-order valence-corrected chi connectivity index (χ4v) is 1.17. The maximum Gasteiger partial charge on any atom is 0.146 e. The number of hydrogen-bond donors (Lipinski definition) is 4. The highest BCUT2D eigenvalue weighted by atomic mass is 19.1. The maximum atomic E-state index is 13.4. The molecule has 0 heterocycles. The summed E-state index contributed by atoms with van der Waals surface area (Å²) in [6.45, 7) is -0.232. The SMILES string of the molecule is NCc1ccc(NC(CO)CO)c(F)c1. The van der Waals surface area contributed by atoms with Gasteiger partial charge in [0.1, 0.15) is 5.82 Å². The predicted molar refractivity (Wildman–Crippen MR) is 55.9 cm³/mol. The minimum absolute atomic E-state index is 0.250. The van der Waals surface area contributed by atoms with Crippen LogP contribution in [0, 0.1) is 5.82 Å². The number of hydrogen-bond acceptors (Lipinski definition) is 4. The van der Waals surface area contributed by atoms with Crippen molar-refractivity contribution in [2.45, 2.75) is 12.6 Å². The van der Waals surface area contributed by atoms with Crippen LogP contribution in [-0.4, -0.2) is 29.5 Å². The van der Waals surface area contributed by atoms with Gasteiger partial charge < -0.3 is 21.3 Å². The van der Waals surface area contributed by atoms with Crippen LogP contribution in [0.1, 0.15) is 5.56 Å². The average molecular weight is 214 g/mol. The van der Waals surface area contributed by atoms with Gasteiger partial charge in [-0.15, -0.1) is 0 Å². The lowest BCUT2D eigenvalue weighted by atomic mass is 10.2.